The number of hydrogen-bond acceptors (Lipinski definition) is 3. The Kier molecular flexibility index (Phi) is 4.61. The zero-order valence-electron chi connectivity index (χ0n) is 15.6. The third-order valence-electron chi connectivity index (χ3n) is 4.50. The molecule has 0 aliphatic carbocycles. The van der Waals surface area contributed by atoms with Crippen molar-refractivity contribution in [1.82, 2.24) is 0 Å². The van der Waals surface area contributed by atoms with Crippen LogP contribution in [0, 0.1) is 13.8 Å². The minimum atomic E-state index is -3.87. The first kappa shape index (κ1) is 18.2. The summed E-state index contributed by atoms with van der Waals surface area (Å²) < 4.78 is 35.8. The molecule has 0 unspecified atom stereocenters. The van der Waals surface area contributed by atoms with Crippen LogP contribution < -0.4 is 4.74 Å². The number of para-hydroxylation sites is 1. The Bertz CT molecular complexity index is 1190. The van der Waals surface area contributed by atoms with Gasteiger partial charge in [-0.25, -0.2) is 0 Å². The fourth-order valence-corrected chi connectivity index (χ4v) is 3.95. The quantitative estimate of drug-likeness (QED) is 0.639. The molecule has 0 saturated carbocycles. The van der Waals surface area contributed by atoms with E-state index in [0.717, 1.165) is 16.7 Å². The normalized spacial score (nSPS) is 16.2. The Morgan fingerprint density at radius 3 is 2.11 bits per heavy atom. The first-order chi connectivity index (χ1) is 13.4. The Morgan fingerprint density at radius 2 is 1.43 bits per heavy atom. The second-order valence-electron chi connectivity index (χ2n) is 6.75. The van der Waals surface area contributed by atoms with Crippen LogP contribution in [-0.4, -0.2) is 14.1 Å². The highest BCUT2D eigenvalue weighted by atomic mass is 32.2. The molecule has 1 aliphatic heterocycles. The largest absolute Gasteiger partial charge is 0.454 e. The summed E-state index contributed by atoms with van der Waals surface area (Å²) in [6.45, 7) is 3.92. The molecule has 0 radical (unpaired) electrons. The molecule has 140 valence electrons. The minimum absolute atomic E-state index is 0.157. The average molecular weight is 389 g/mol. The van der Waals surface area contributed by atoms with Gasteiger partial charge in [0.05, 0.1) is 4.90 Å². The van der Waals surface area contributed by atoms with E-state index in [1.54, 1.807) is 30.3 Å². The lowest BCUT2D eigenvalue weighted by Crippen LogP contribution is -2.07. The summed E-state index contributed by atoms with van der Waals surface area (Å²) in [6.07, 6.45) is 1.81. The fourth-order valence-electron chi connectivity index (χ4n) is 2.94. The molecule has 1 aliphatic rings. The smallest absolute Gasteiger partial charge is 0.282 e. The van der Waals surface area contributed by atoms with Crippen LogP contribution in [0.15, 0.2) is 87.8 Å². The Balaban J connectivity index is 1.83. The van der Waals surface area contributed by atoms with Crippen molar-refractivity contribution in [3.05, 3.63) is 101 Å². The third-order valence-corrected chi connectivity index (χ3v) is 5.79. The van der Waals surface area contributed by atoms with Crippen molar-refractivity contribution in [3.8, 4) is 5.75 Å². The van der Waals surface area contributed by atoms with Gasteiger partial charge in [0, 0.05) is 5.56 Å². The molecule has 0 spiro atoms. The molecule has 0 aromatic heterocycles. The van der Waals surface area contributed by atoms with Crippen molar-refractivity contribution < 1.29 is 13.2 Å². The third kappa shape index (κ3) is 3.62. The van der Waals surface area contributed by atoms with Crippen molar-refractivity contribution in [2.24, 2.45) is 4.40 Å². The van der Waals surface area contributed by atoms with E-state index < -0.39 is 10.0 Å². The summed E-state index contributed by atoms with van der Waals surface area (Å²) >= 11 is 0. The van der Waals surface area contributed by atoms with Crippen molar-refractivity contribution in [2.45, 2.75) is 18.7 Å². The van der Waals surface area contributed by atoms with E-state index in [2.05, 4.69) is 4.40 Å². The van der Waals surface area contributed by atoms with Crippen molar-refractivity contribution in [3.63, 3.8) is 0 Å². The average Bonchev–Trinajstić information content (AvgIpc) is 3.01. The predicted molar refractivity (Wildman–Crippen MR) is 111 cm³/mol. The number of nitrogens with zero attached hydrogens (tertiary/aromatic N) is 1. The summed E-state index contributed by atoms with van der Waals surface area (Å²) in [6, 6.07) is 21.9. The molecule has 4 nitrogen and oxygen atoms in total. The van der Waals surface area contributed by atoms with Crippen LogP contribution in [0.4, 0.5) is 0 Å². The standard InChI is InChI=1S/C23H19NO3S/c1-16-7-11-18(12-8-16)15-22-23(20-5-3-4-6-21(20)27-22)24-28(25,26)19-13-9-17(2)10-14-19/h3-15H,1-2H3/b22-15-,24-23-. The summed E-state index contributed by atoms with van der Waals surface area (Å²) in [5.41, 5.74) is 4.02. The summed E-state index contributed by atoms with van der Waals surface area (Å²) in [5.74, 6) is 1.01. The van der Waals surface area contributed by atoms with Gasteiger partial charge >= 0.3 is 0 Å². The van der Waals surface area contributed by atoms with E-state index in [0.29, 0.717) is 22.8 Å². The number of hydrogen-bond donors (Lipinski definition) is 0. The highest BCUT2D eigenvalue weighted by Gasteiger charge is 2.28. The van der Waals surface area contributed by atoms with Crippen molar-refractivity contribution in [2.75, 3.05) is 0 Å². The van der Waals surface area contributed by atoms with Crippen LogP contribution in [0.5, 0.6) is 5.75 Å². The lowest BCUT2D eigenvalue weighted by Gasteiger charge is -2.04. The topological polar surface area (TPSA) is 55.7 Å². The molecule has 5 heteroatoms. The molecule has 1 heterocycles. The summed E-state index contributed by atoms with van der Waals surface area (Å²) in [7, 11) is -3.87. The highest BCUT2D eigenvalue weighted by molar-refractivity contribution is 7.90. The van der Waals surface area contributed by atoms with Gasteiger partial charge in [-0.1, -0.05) is 59.7 Å². The first-order valence-corrected chi connectivity index (χ1v) is 10.3. The zero-order valence-corrected chi connectivity index (χ0v) is 16.4. The van der Waals surface area contributed by atoms with Crippen molar-refractivity contribution >= 4 is 21.8 Å². The monoisotopic (exact) mass is 389 g/mol. The van der Waals surface area contributed by atoms with Gasteiger partial charge in [-0.15, -0.1) is 0 Å². The lowest BCUT2D eigenvalue weighted by molar-refractivity contribution is 0.473. The molecule has 4 rings (SSSR count). The molecular weight excluding hydrogens is 370 g/mol. The van der Waals surface area contributed by atoms with E-state index in [-0.39, 0.29) is 4.90 Å². The van der Waals surface area contributed by atoms with Crippen LogP contribution in [0.3, 0.4) is 0 Å². The van der Waals surface area contributed by atoms with Gasteiger partial charge in [0.15, 0.2) is 5.76 Å². The molecule has 28 heavy (non-hydrogen) atoms. The van der Waals surface area contributed by atoms with Gasteiger partial charge < -0.3 is 4.74 Å². The van der Waals surface area contributed by atoms with E-state index in [9.17, 15) is 8.42 Å². The number of allylic oxidation sites excluding steroid dienone is 1. The lowest BCUT2D eigenvalue weighted by atomic mass is 10.1. The van der Waals surface area contributed by atoms with Gasteiger partial charge in [0.1, 0.15) is 11.5 Å². The number of ether oxygens (including phenoxy) is 1. The van der Waals surface area contributed by atoms with Gasteiger partial charge in [-0.3, -0.25) is 0 Å². The van der Waals surface area contributed by atoms with Gasteiger partial charge in [-0.05, 0) is 49.8 Å². The molecule has 3 aromatic carbocycles. The number of fused-ring (bicyclic) bond motifs is 1. The number of rotatable bonds is 3. The summed E-state index contributed by atoms with van der Waals surface area (Å²) in [5, 5.41) is 0. The number of aryl methyl sites for hydroxylation is 2. The molecular formula is C23H19NO3S. The van der Waals surface area contributed by atoms with Crippen LogP contribution in [-0.2, 0) is 10.0 Å². The second kappa shape index (κ2) is 7.09. The van der Waals surface area contributed by atoms with Gasteiger partial charge in [0.2, 0.25) is 0 Å². The van der Waals surface area contributed by atoms with E-state index in [1.807, 2.05) is 62.4 Å². The van der Waals surface area contributed by atoms with Crippen LogP contribution in [0.1, 0.15) is 22.3 Å². The fraction of sp³-hybridized carbons (Fsp3) is 0.0870. The summed E-state index contributed by atoms with van der Waals surface area (Å²) in [4.78, 5) is 0.157. The molecule has 0 fully saturated rings. The first-order valence-electron chi connectivity index (χ1n) is 8.90. The molecule has 3 aromatic rings. The molecule has 0 amide bonds. The Labute approximate surface area is 164 Å². The second-order valence-corrected chi connectivity index (χ2v) is 8.35. The number of benzene rings is 3. The maximum atomic E-state index is 12.9. The van der Waals surface area contributed by atoms with Crippen LogP contribution in [0.25, 0.3) is 6.08 Å². The van der Waals surface area contributed by atoms with E-state index in [1.165, 1.54) is 0 Å². The Hall–Kier alpha value is -3.18. The SMILES string of the molecule is Cc1ccc(/C=C2\Oc3ccccc3\C2=N\S(=O)(=O)c2ccc(C)cc2)cc1. The minimum Gasteiger partial charge on any atom is -0.454 e. The molecule has 0 N–H and O–H groups in total. The van der Waals surface area contributed by atoms with Crippen LogP contribution in [0.2, 0.25) is 0 Å². The van der Waals surface area contributed by atoms with E-state index in [4.69, 9.17) is 4.74 Å². The number of sulfonamides is 1. The zero-order chi connectivity index (χ0) is 19.7. The molecule has 0 atom stereocenters. The molecule has 0 saturated heterocycles. The predicted octanol–water partition coefficient (Wildman–Crippen LogP) is 4.91. The highest BCUT2D eigenvalue weighted by Crippen LogP contribution is 2.33. The van der Waals surface area contributed by atoms with Crippen molar-refractivity contribution in [1.29, 1.82) is 0 Å². The maximum absolute atomic E-state index is 12.9. The van der Waals surface area contributed by atoms with E-state index >= 15 is 0 Å². The van der Waals surface area contributed by atoms with Crippen LogP contribution >= 0.6 is 0 Å². The molecule has 0 bridgehead atoms. The maximum Gasteiger partial charge on any atom is 0.282 e. The van der Waals surface area contributed by atoms with Gasteiger partial charge in [-0.2, -0.15) is 12.8 Å². The Morgan fingerprint density at radius 1 is 0.821 bits per heavy atom. The van der Waals surface area contributed by atoms with Gasteiger partial charge in [0.25, 0.3) is 10.0 Å².